The number of nitrogens with one attached hydrogen (secondary N) is 1. The van der Waals surface area contributed by atoms with Crippen molar-refractivity contribution in [1.29, 1.82) is 0 Å². The van der Waals surface area contributed by atoms with Crippen LogP contribution < -0.4 is 5.32 Å². The van der Waals surface area contributed by atoms with Gasteiger partial charge in [0, 0.05) is 42.0 Å². The predicted molar refractivity (Wildman–Crippen MR) is 141 cm³/mol. The molecule has 1 amide bonds. The highest BCUT2D eigenvalue weighted by molar-refractivity contribution is 7.84. The maximum atomic E-state index is 12.8. The summed E-state index contributed by atoms with van der Waals surface area (Å²) in [6.45, 7) is 4.74. The molecule has 4 rings (SSSR count). The molecule has 0 radical (unpaired) electrons. The van der Waals surface area contributed by atoms with E-state index >= 15 is 0 Å². The van der Waals surface area contributed by atoms with E-state index in [9.17, 15) is 9.00 Å². The molecule has 3 aromatic rings. The second kappa shape index (κ2) is 12.3. The zero-order chi connectivity index (χ0) is 24.5. The van der Waals surface area contributed by atoms with E-state index in [2.05, 4.69) is 52.6 Å². The zero-order valence-electron chi connectivity index (χ0n) is 20.1. The fourth-order valence-corrected chi connectivity index (χ4v) is 5.20. The van der Waals surface area contributed by atoms with Gasteiger partial charge < -0.3 is 14.8 Å². The predicted octanol–water partition coefficient (Wildman–Crippen LogP) is 5.28. The van der Waals surface area contributed by atoms with E-state index in [1.165, 1.54) is 5.56 Å². The normalized spacial score (nSPS) is 14.7. The monoisotopic (exact) mass is 488 g/mol. The van der Waals surface area contributed by atoms with Crippen molar-refractivity contribution >= 4 is 22.4 Å². The number of nitrogens with zero attached hydrogens (tertiary/aromatic N) is 3. The summed E-state index contributed by atoms with van der Waals surface area (Å²) in [6, 6.07) is 17.7. The van der Waals surface area contributed by atoms with Crippen LogP contribution in [0.3, 0.4) is 0 Å². The fraction of sp³-hybridized carbons (Fsp3) is 0.286. The van der Waals surface area contributed by atoms with Gasteiger partial charge in [0.05, 0.1) is 28.6 Å². The maximum Gasteiger partial charge on any atom is 0.251 e. The van der Waals surface area contributed by atoms with Crippen molar-refractivity contribution in [1.82, 2.24) is 14.5 Å². The van der Waals surface area contributed by atoms with Gasteiger partial charge in [0.1, 0.15) is 0 Å². The van der Waals surface area contributed by atoms with E-state index in [1.54, 1.807) is 12.5 Å². The number of benzene rings is 2. The molecule has 1 aromatic heterocycles. The van der Waals surface area contributed by atoms with Gasteiger partial charge in [0.2, 0.25) is 0 Å². The standard InChI is InChI=1S/C28H32N4O2S/c1-2-16-32-22-29-19-26(32)21-35(34)27-14-12-25(13-15-27)30-28(33)24-10-6-17-31(18-7-11-24)20-23-8-4-3-5-9-23/h3-6,8-10,12-15,17,19,22H,2,7,11,16,18,20-21H2,1H3,(H,30,33). The van der Waals surface area contributed by atoms with Crippen molar-refractivity contribution in [3.05, 3.63) is 102 Å². The Labute approximate surface area is 209 Å². The Morgan fingerprint density at radius 3 is 2.69 bits per heavy atom. The van der Waals surface area contributed by atoms with Crippen LogP contribution in [-0.4, -0.2) is 31.1 Å². The molecular weight excluding hydrogens is 456 g/mol. The molecule has 0 fully saturated rings. The lowest BCUT2D eigenvalue weighted by Gasteiger charge is -2.22. The first-order valence-corrected chi connectivity index (χ1v) is 13.4. The first kappa shape index (κ1) is 24.7. The van der Waals surface area contributed by atoms with Crippen LogP contribution in [0.15, 0.2) is 95.9 Å². The number of amides is 1. The molecule has 0 saturated heterocycles. The van der Waals surface area contributed by atoms with Gasteiger partial charge in [0.15, 0.2) is 0 Å². The summed E-state index contributed by atoms with van der Waals surface area (Å²) in [7, 11) is -1.17. The summed E-state index contributed by atoms with van der Waals surface area (Å²) in [6.07, 6.45) is 12.1. The van der Waals surface area contributed by atoms with Crippen LogP contribution in [0, 0.1) is 0 Å². The zero-order valence-corrected chi connectivity index (χ0v) is 20.9. The lowest BCUT2D eigenvalue weighted by molar-refractivity contribution is -0.113. The number of aryl methyl sites for hydroxylation is 1. The van der Waals surface area contributed by atoms with Crippen molar-refractivity contribution in [2.75, 3.05) is 11.9 Å². The SMILES string of the molecule is CCCn1cncc1CS(=O)c1ccc(NC(=O)C2=CC=CN(Cc3ccccc3)CCC2)cc1. The third kappa shape index (κ3) is 7.02. The lowest BCUT2D eigenvalue weighted by atomic mass is 10.1. The van der Waals surface area contributed by atoms with Crippen molar-refractivity contribution in [2.24, 2.45) is 0 Å². The minimum absolute atomic E-state index is 0.0940. The highest BCUT2D eigenvalue weighted by atomic mass is 32.2. The molecule has 0 saturated carbocycles. The number of imidazole rings is 1. The number of anilines is 1. The van der Waals surface area contributed by atoms with E-state index < -0.39 is 10.8 Å². The molecule has 35 heavy (non-hydrogen) atoms. The summed E-state index contributed by atoms with van der Waals surface area (Å²) < 4.78 is 14.9. The average Bonchev–Trinajstić information content (AvgIpc) is 3.28. The second-order valence-electron chi connectivity index (χ2n) is 8.64. The summed E-state index contributed by atoms with van der Waals surface area (Å²) >= 11 is 0. The molecule has 2 heterocycles. The van der Waals surface area contributed by atoms with Crippen LogP contribution in [0.2, 0.25) is 0 Å². The molecule has 2 aromatic carbocycles. The van der Waals surface area contributed by atoms with Crippen molar-refractivity contribution in [3.8, 4) is 0 Å². The first-order valence-electron chi connectivity index (χ1n) is 12.1. The van der Waals surface area contributed by atoms with E-state index in [1.807, 2.05) is 47.1 Å². The Morgan fingerprint density at radius 2 is 1.91 bits per heavy atom. The van der Waals surface area contributed by atoms with Crippen LogP contribution in [0.5, 0.6) is 0 Å². The van der Waals surface area contributed by atoms with Crippen molar-refractivity contribution < 1.29 is 9.00 Å². The Kier molecular flexibility index (Phi) is 8.68. The topological polar surface area (TPSA) is 67.2 Å². The Balaban J connectivity index is 1.33. The third-order valence-corrected chi connectivity index (χ3v) is 7.28. The number of carbonyl (C=O) groups excluding carboxylic acids is 1. The van der Waals surface area contributed by atoms with E-state index in [4.69, 9.17) is 0 Å². The number of hydrogen-bond acceptors (Lipinski definition) is 4. The molecule has 7 heteroatoms. The molecule has 1 unspecified atom stereocenters. The molecule has 1 atom stereocenters. The Hall–Kier alpha value is -3.45. The highest BCUT2D eigenvalue weighted by Gasteiger charge is 2.13. The highest BCUT2D eigenvalue weighted by Crippen LogP contribution is 2.19. The maximum absolute atomic E-state index is 12.8. The summed E-state index contributed by atoms with van der Waals surface area (Å²) in [5.41, 5.74) is 3.70. The van der Waals surface area contributed by atoms with Gasteiger partial charge in [-0.05, 0) is 61.4 Å². The van der Waals surface area contributed by atoms with Crippen LogP contribution in [0.4, 0.5) is 5.69 Å². The Morgan fingerprint density at radius 1 is 1.11 bits per heavy atom. The minimum atomic E-state index is -1.17. The smallest absolute Gasteiger partial charge is 0.251 e. The van der Waals surface area contributed by atoms with Crippen molar-refractivity contribution in [2.45, 2.75) is 49.9 Å². The van der Waals surface area contributed by atoms with Gasteiger partial charge >= 0.3 is 0 Å². The molecule has 1 aliphatic rings. The molecule has 0 aliphatic carbocycles. The van der Waals surface area contributed by atoms with Gasteiger partial charge in [0.25, 0.3) is 5.91 Å². The molecule has 182 valence electrons. The van der Waals surface area contributed by atoms with Gasteiger partial charge in [-0.2, -0.15) is 0 Å². The number of hydrogen-bond donors (Lipinski definition) is 1. The van der Waals surface area contributed by atoms with E-state index in [0.717, 1.165) is 55.1 Å². The summed E-state index contributed by atoms with van der Waals surface area (Å²) in [5.74, 6) is 0.329. The number of aromatic nitrogens is 2. The van der Waals surface area contributed by atoms with Gasteiger partial charge in [-0.15, -0.1) is 0 Å². The van der Waals surface area contributed by atoms with Crippen molar-refractivity contribution in [3.63, 3.8) is 0 Å². The van der Waals surface area contributed by atoms with Crippen LogP contribution in [0.1, 0.15) is 37.4 Å². The number of carbonyl (C=O) groups is 1. The molecule has 1 N–H and O–H groups in total. The van der Waals surface area contributed by atoms with Crippen LogP contribution in [0.25, 0.3) is 0 Å². The lowest BCUT2D eigenvalue weighted by Crippen LogP contribution is -2.21. The second-order valence-corrected chi connectivity index (χ2v) is 10.1. The Bertz CT molecular complexity index is 1200. The quantitative estimate of drug-likeness (QED) is 0.445. The molecule has 0 bridgehead atoms. The summed E-state index contributed by atoms with van der Waals surface area (Å²) in [5, 5.41) is 2.98. The van der Waals surface area contributed by atoms with E-state index in [0.29, 0.717) is 11.4 Å². The number of rotatable bonds is 9. The first-order chi connectivity index (χ1) is 17.1. The molecule has 0 spiro atoms. The minimum Gasteiger partial charge on any atom is -0.373 e. The van der Waals surface area contributed by atoms with Crippen LogP contribution >= 0.6 is 0 Å². The fourth-order valence-electron chi connectivity index (χ4n) is 4.08. The summed E-state index contributed by atoms with van der Waals surface area (Å²) in [4.78, 5) is 20.0. The van der Waals surface area contributed by atoms with Gasteiger partial charge in [-0.1, -0.05) is 43.3 Å². The number of allylic oxidation sites excluding steroid dienone is 2. The third-order valence-electron chi connectivity index (χ3n) is 5.92. The van der Waals surface area contributed by atoms with Gasteiger partial charge in [-0.25, -0.2) is 4.98 Å². The molecule has 6 nitrogen and oxygen atoms in total. The largest absolute Gasteiger partial charge is 0.373 e. The van der Waals surface area contributed by atoms with Gasteiger partial charge in [-0.3, -0.25) is 9.00 Å². The van der Waals surface area contributed by atoms with Crippen LogP contribution in [-0.2, 0) is 34.4 Å². The average molecular weight is 489 g/mol. The molecular formula is C28H32N4O2S. The molecule has 1 aliphatic heterocycles. The van der Waals surface area contributed by atoms with E-state index in [-0.39, 0.29) is 5.91 Å².